The molecule has 0 spiro atoms. The molecule has 1 fully saturated rings. The van der Waals surface area contributed by atoms with Crippen molar-refractivity contribution in [1.82, 2.24) is 14.9 Å². The zero-order chi connectivity index (χ0) is 13.0. The Hall–Kier alpha value is -0.870. The first-order valence-corrected chi connectivity index (χ1v) is 6.86. The first-order chi connectivity index (χ1) is 8.53. The van der Waals surface area contributed by atoms with Gasteiger partial charge >= 0.3 is 0 Å². The molecule has 0 unspecified atom stereocenters. The molecule has 1 aromatic rings. The maximum Gasteiger partial charge on any atom is 0.0950 e. The summed E-state index contributed by atoms with van der Waals surface area (Å²) < 4.78 is 7.60. The number of ether oxygens (including phenoxy) is 1. The zero-order valence-electron chi connectivity index (χ0n) is 11.8. The van der Waals surface area contributed by atoms with Gasteiger partial charge in [-0.15, -0.1) is 0 Å². The van der Waals surface area contributed by atoms with E-state index in [0.29, 0.717) is 0 Å². The van der Waals surface area contributed by atoms with Crippen molar-refractivity contribution in [2.24, 2.45) is 5.92 Å². The Morgan fingerprint density at radius 1 is 1.39 bits per heavy atom. The Balaban J connectivity index is 1.82. The average Bonchev–Trinajstić information content (AvgIpc) is 2.75. The second-order valence-corrected chi connectivity index (χ2v) is 6.22. The minimum absolute atomic E-state index is 0.143. The van der Waals surface area contributed by atoms with E-state index in [4.69, 9.17) is 4.74 Å². The van der Waals surface area contributed by atoms with E-state index < -0.39 is 0 Å². The van der Waals surface area contributed by atoms with Crippen LogP contribution in [0.1, 0.15) is 39.3 Å². The maximum absolute atomic E-state index is 5.38. The minimum atomic E-state index is 0.143. The van der Waals surface area contributed by atoms with E-state index in [1.165, 1.54) is 12.8 Å². The van der Waals surface area contributed by atoms with Crippen LogP contribution >= 0.6 is 0 Å². The summed E-state index contributed by atoms with van der Waals surface area (Å²) in [5.41, 5.74) is 1.27. The summed E-state index contributed by atoms with van der Waals surface area (Å²) in [6.45, 7) is 10.3. The van der Waals surface area contributed by atoms with E-state index >= 15 is 0 Å². The second-order valence-electron chi connectivity index (χ2n) is 6.22. The first-order valence-electron chi connectivity index (χ1n) is 6.86. The lowest BCUT2D eigenvalue weighted by Gasteiger charge is -2.22. The standard InChI is InChI=1S/C14H25N3O/c1-14(2,3)16-8-13-10-17(11-15-13)9-12-4-6-18-7-5-12/h10-12,16H,4-9H2,1-3H3. The van der Waals surface area contributed by atoms with Gasteiger partial charge in [-0.1, -0.05) is 0 Å². The molecule has 1 aliphatic rings. The molecule has 102 valence electrons. The van der Waals surface area contributed by atoms with Crippen LogP contribution in [0.3, 0.4) is 0 Å². The van der Waals surface area contributed by atoms with Gasteiger partial charge in [0.25, 0.3) is 0 Å². The van der Waals surface area contributed by atoms with Gasteiger partial charge in [-0.2, -0.15) is 0 Å². The van der Waals surface area contributed by atoms with Crippen molar-refractivity contribution in [2.45, 2.75) is 52.2 Å². The lowest BCUT2D eigenvalue weighted by atomic mass is 10.0. The predicted molar refractivity (Wildman–Crippen MR) is 72.4 cm³/mol. The third kappa shape index (κ3) is 4.42. The van der Waals surface area contributed by atoms with E-state index in [2.05, 4.69) is 41.8 Å². The fourth-order valence-corrected chi connectivity index (χ4v) is 2.18. The van der Waals surface area contributed by atoms with Crippen molar-refractivity contribution in [3.63, 3.8) is 0 Å². The van der Waals surface area contributed by atoms with E-state index in [1.54, 1.807) is 0 Å². The Kier molecular flexibility index (Phi) is 4.40. The van der Waals surface area contributed by atoms with Gasteiger partial charge in [0.2, 0.25) is 0 Å². The van der Waals surface area contributed by atoms with E-state index in [-0.39, 0.29) is 5.54 Å². The van der Waals surface area contributed by atoms with Crippen LogP contribution in [-0.4, -0.2) is 28.3 Å². The van der Waals surface area contributed by atoms with Crippen molar-refractivity contribution in [3.05, 3.63) is 18.2 Å². The van der Waals surface area contributed by atoms with Gasteiger partial charge in [-0.3, -0.25) is 0 Å². The second kappa shape index (κ2) is 5.85. The highest BCUT2D eigenvalue weighted by Crippen LogP contribution is 2.17. The van der Waals surface area contributed by atoms with Crippen molar-refractivity contribution in [3.8, 4) is 0 Å². The molecule has 0 radical (unpaired) electrons. The molecule has 0 saturated carbocycles. The average molecular weight is 251 g/mol. The Labute approximate surface area is 110 Å². The highest BCUT2D eigenvalue weighted by molar-refractivity contribution is 4.97. The van der Waals surface area contributed by atoms with Crippen LogP contribution in [0.5, 0.6) is 0 Å². The molecule has 0 amide bonds. The van der Waals surface area contributed by atoms with E-state index in [9.17, 15) is 0 Å². The molecule has 2 rings (SSSR count). The lowest BCUT2D eigenvalue weighted by molar-refractivity contribution is 0.0612. The third-order valence-corrected chi connectivity index (χ3v) is 3.30. The monoisotopic (exact) mass is 251 g/mol. The first kappa shape index (κ1) is 13.6. The Bertz CT molecular complexity index is 361. The number of hydrogen-bond acceptors (Lipinski definition) is 3. The van der Waals surface area contributed by atoms with Crippen LogP contribution in [0.15, 0.2) is 12.5 Å². The highest BCUT2D eigenvalue weighted by atomic mass is 16.5. The Morgan fingerprint density at radius 3 is 2.78 bits per heavy atom. The summed E-state index contributed by atoms with van der Waals surface area (Å²) in [5, 5.41) is 3.46. The van der Waals surface area contributed by atoms with Crippen molar-refractivity contribution < 1.29 is 4.74 Å². The van der Waals surface area contributed by atoms with Crippen molar-refractivity contribution in [2.75, 3.05) is 13.2 Å². The summed E-state index contributed by atoms with van der Waals surface area (Å²) in [6.07, 6.45) is 6.46. The van der Waals surface area contributed by atoms with E-state index in [1.807, 2.05) is 6.33 Å². The molecule has 0 atom stereocenters. The summed E-state index contributed by atoms with van der Waals surface area (Å²) in [6, 6.07) is 0. The molecule has 1 saturated heterocycles. The molecule has 1 N–H and O–H groups in total. The van der Waals surface area contributed by atoms with Crippen LogP contribution < -0.4 is 5.32 Å². The maximum atomic E-state index is 5.38. The van der Waals surface area contributed by atoms with Crippen LogP contribution in [-0.2, 0) is 17.8 Å². The van der Waals surface area contributed by atoms with Crippen molar-refractivity contribution >= 4 is 0 Å². The molecule has 4 nitrogen and oxygen atoms in total. The molecule has 0 bridgehead atoms. The summed E-state index contributed by atoms with van der Waals surface area (Å²) in [5.74, 6) is 0.747. The number of nitrogens with one attached hydrogen (secondary N) is 1. The largest absolute Gasteiger partial charge is 0.381 e. The summed E-state index contributed by atoms with van der Waals surface area (Å²) in [7, 11) is 0. The highest BCUT2D eigenvalue weighted by Gasteiger charge is 2.15. The van der Waals surface area contributed by atoms with Gasteiger partial charge in [-0.25, -0.2) is 4.98 Å². The molecule has 4 heteroatoms. The van der Waals surface area contributed by atoms with Gasteiger partial charge in [0, 0.05) is 38.0 Å². The van der Waals surface area contributed by atoms with Gasteiger partial charge in [0.1, 0.15) is 0 Å². The molecular formula is C14H25N3O. The van der Waals surface area contributed by atoms with Gasteiger partial charge in [0.05, 0.1) is 12.0 Å². The molecule has 1 aliphatic heterocycles. The van der Waals surface area contributed by atoms with Crippen LogP contribution in [0, 0.1) is 5.92 Å². The number of nitrogens with zero attached hydrogens (tertiary/aromatic N) is 2. The molecule has 18 heavy (non-hydrogen) atoms. The lowest BCUT2D eigenvalue weighted by Crippen LogP contribution is -2.35. The topological polar surface area (TPSA) is 39.1 Å². The molecule has 0 aromatic carbocycles. The van der Waals surface area contributed by atoms with Gasteiger partial charge < -0.3 is 14.6 Å². The SMILES string of the molecule is CC(C)(C)NCc1cn(CC2CCOCC2)cn1. The number of rotatable bonds is 4. The molecular weight excluding hydrogens is 226 g/mol. The predicted octanol–water partition coefficient (Wildman–Crippen LogP) is 2.20. The quantitative estimate of drug-likeness (QED) is 0.891. The number of hydrogen-bond donors (Lipinski definition) is 1. The van der Waals surface area contributed by atoms with Crippen LogP contribution in [0.4, 0.5) is 0 Å². The van der Waals surface area contributed by atoms with Crippen LogP contribution in [0.25, 0.3) is 0 Å². The fraction of sp³-hybridized carbons (Fsp3) is 0.786. The number of imidazole rings is 1. The minimum Gasteiger partial charge on any atom is -0.381 e. The summed E-state index contributed by atoms with van der Waals surface area (Å²) >= 11 is 0. The smallest absolute Gasteiger partial charge is 0.0950 e. The normalized spacial score (nSPS) is 18.2. The molecule has 1 aromatic heterocycles. The zero-order valence-corrected chi connectivity index (χ0v) is 11.8. The molecule has 2 heterocycles. The Morgan fingerprint density at radius 2 is 2.11 bits per heavy atom. The van der Waals surface area contributed by atoms with Gasteiger partial charge in [-0.05, 0) is 39.5 Å². The van der Waals surface area contributed by atoms with E-state index in [0.717, 1.165) is 37.9 Å². The molecule has 0 aliphatic carbocycles. The van der Waals surface area contributed by atoms with Gasteiger partial charge in [0.15, 0.2) is 0 Å². The number of aromatic nitrogens is 2. The van der Waals surface area contributed by atoms with Crippen molar-refractivity contribution in [1.29, 1.82) is 0 Å². The van der Waals surface area contributed by atoms with Crippen LogP contribution in [0.2, 0.25) is 0 Å². The third-order valence-electron chi connectivity index (χ3n) is 3.30. The summed E-state index contributed by atoms with van der Waals surface area (Å²) in [4.78, 5) is 4.45. The fourth-order valence-electron chi connectivity index (χ4n) is 2.18.